The van der Waals surface area contributed by atoms with Gasteiger partial charge in [-0.15, -0.1) is 0 Å². The van der Waals surface area contributed by atoms with E-state index in [2.05, 4.69) is 9.97 Å². The van der Waals surface area contributed by atoms with Crippen molar-refractivity contribution >= 4 is 28.6 Å². The number of hydrogen-bond acceptors (Lipinski definition) is 4. The maximum atomic E-state index is 12.2. The van der Waals surface area contributed by atoms with Gasteiger partial charge in [-0.3, -0.25) is 4.79 Å². The Morgan fingerprint density at radius 2 is 1.59 bits per heavy atom. The highest BCUT2D eigenvalue weighted by molar-refractivity contribution is 8.00. The lowest BCUT2D eigenvalue weighted by Gasteiger charge is -2.06. The molecular weight excluding hydrogens is 292 g/mol. The van der Waals surface area contributed by atoms with Crippen LogP contribution in [0.5, 0.6) is 0 Å². The van der Waals surface area contributed by atoms with Crippen molar-refractivity contribution in [3.05, 3.63) is 65.4 Å². The summed E-state index contributed by atoms with van der Waals surface area (Å²) in [5.41, 5.74) is 4.50. The van der Waals surface area contributed by atoms with Gasteiger partial charge in [-0.1, -0.05) is 53.7 Å². The minimum Gasteiger partial charge on any atom is -0.293 e. The van der Waals surface area contributed by atoms with Gasteiger partial charge in [-0.05, 0) is 26.0 Å². The molecule has 0 radical (unpaired) electrons. The van der Waals surface area contributed by atoms with Crippen LogP contribution in [0.2, 0.25) is 0 Å². The van der Waals surface area contributed by atoms with Crippen molar-refractivity contribution in [2.24, 2.45) is 0 Å². The van der Waals surface area contributed by atoms with Gasteiger partial charge >= 0.3 is 0 Å². The first-order valence-corrected chi connectivity index (χ1v) is 8.08. The lowest BCUT2D eigenvalue weighted by atomic mass is 10.1. The Labute approximate surface area is 133 Å². The fourth-order valence-electron chi connectivity index (χ4n) is 2.17. The van der Waals surface area contributed by atoms with Crippen LogP contribution in [0.4, 0.5) is 0 Å². The van der Waals surface area contributed by atoms with Gasteiger partial charge in [0.15, 0.2) is 5.78 Å². The molecule has 0 N–H and O–H groups in total. The third-order valence-electron chi connectivity index (χ3n) is 3.41. The van der Waals surface area contributed by atoms with Gasteiger partial charge in [0, 0.05) is 5.56 Å². The average molecular weight is 308 g/mol. The van der Waals surface area contributed by atoms with Crippen molar-refractivity contribution in [1.29, 1.82) is 0 Å². The van der Waals surface area contributed by atoms with E-state index in [0.717, 1.165) is 32.9 Å². The van der Waals surface area contributed by atoms with Crippen molar-refractivity contribution in [1.82, 2.24) is 9.97 Å². The minimum absolute atomic E-state index is 0.111. The van der Waals surface area contributed by atoms with Crippen LogP contribution in [0.25, 0.3) is 11.0 Å². The molecule has 3 rings (SSSR count). The van der Waals surface area contributed by atoms with Crippen LogP contribution in [-0.4, -0.2) is 21.5 Å². The van der Waals surface area contributed by atoms with Crippen LogP contribution in [-0.2, 0) is 0 Å². The number of benzene rings is 2. The molecule has 0 bridgehead atoms. The van der Waals surface area contributed by atoms with Crippen molar-refractivity contribution in [2.45, 2.75) is 18.9 Å². The molecule has 0 atom stereocenters. The molecule has 1 aromatic heterocycles. The summed E-state index contributed by atoms with van der Waals surface area (Å²) in [5, 5.41) is 0.819. The predicted octanol–water partition coefficient (Wildman–Crippen LogP) is 4.22. The number of hydrogen-bond donors (Lipinski definition) is 0. The number of Topliss-reactive ketones (excluding diaryl/α,β-unsaturated/α-hetero) is 1. The monoisotopic (exact) mass is 308 g/mol. The molecule has 110 valence electrons. The largest absolute Gasteiger partial charge is 0.293 e. The maximum absolute atomic E-state index is 12.2. The van der Waals surface area contributed by atoms with Crippen molar-refractivity contribution < 1.29 is 4.79 Å². The number of thioether (sulfide) groups is 1. The first-order valence-electron chi connectivity index (χ1n) is 7.09. The van der Waals surface area contributed by atoms with E-state index in [1.54, 1.807) is 0 Å². The predicted molar refractivity (Wildman–Crippen MR) is 90.5 cm³/mol. The first-order chi connectivity index (χ1) is 10.6. The molecule has 0 aliphatic rings. The van der Waals surface area contributed by atoms with Crippen LogP contribution in [0.3, 0.4) is 0 Å². The fourth-order valence-corrected chi connectivity index (χ4v) is 3.02. The molecular formula is C18H16N2OS. The van der Waals surface area contributed by atoms with Gasteiger partial charge in [0.2, 0.25) is 0 Å². The van der Waals surface area contributed by atoms with Crippen molar-refractivity contribution in [2.75, 3.05) is 5.75 Å². The van der Waals surface area contributed by atoms with Crippen LogP contribution < -0.4 is 0 Å². The second-order valence-electron chi connectivity index (χ2n) is 5.18. The zero-order chi connectivity index (χ0) is 15.5. The average Bonchev–Trinajstić information content (AvgIpc) is 2.53. The molecule has 0 fully saturated rings. The van der Waals surface area contributed by atoms with Crippen LogP contribution in [0.15, 0.2) is 53.6 Å². The molecule has 0 saturated heterocycles. The fraction of sp³-hybridized carbons (Fsp3) is 0.167. The number of fused-ring (bicyclic) bond motifs is 1. The lowest BCUT2D eigenvalue weighted by molar-refractivity contribution is 0.102. The molecule has 4 heteroatoms. The summed E-state index contributed by atoms with van der Waals surface area (Å²) in [6, 6.07) is 15.4. The molecule has 0 spiro atoms. The smallest absolute Gasteiger partial charge is 0.173 e. The van der Waals surface area contributed by atoms with Gasteiger partial charge in [-0.2, -0.15) is 0 Å². The van der Waals surface area contributed by atoms with Crippen LogP contribution in [0.1, 0.15) is 21.6 Å². The Kier molecular flexibility index (Phi) is 4.20. The zero-order valence-corrected chi connectivity index (χ0v) is 13.4. The number of carbonyl (C=O) groups excluding carboxylic acids is 1. The Morgan fingerprint density at radius 1 is 0.955 bits per heavy atom. The number of ketones is 1. The number of aryl methyl sites for hydroxylation is 2. The summed E-state index contributed by atoms with van der Waals surface area (Å²) in [7, 11) is 0. The number of rotatable bonds is 4. The molecule has 0 unspecified atom stereocenters. The van der Waals surface area contributed by atoms with Gasteiger partial charge in [0.1, 0.15) is 5.03 Å². The topological polar surface area (TPSA) is 42.9 Å². The molecule has 1 heterocycles. The van der Waals surface area contributed by atoms with Crippen LogP contribution >= 0.6 is 11.8 Å². The molecule has 2 aromatic carbocycles. The quantitative estimate of drug-likeness (QED) is 0.534. The Hall–Kier alpha value is -2.20. The summed E-state index contributed by atoms with van der Waals surface area (Å²) in [6.45, 7) is 3.94. The van der Waals surface area contributed by atoms with E-state index < -0.39 is 0 Å². The standard InChI is InChI=1S/C18H16N2OS/c1-12-7-9-14(10-8-12)17(21)11-22-18-13(2)19-15-5-3-4-6-16(15)20-18/h3-10H,11H2,1-2H3. The molecule has 3 nitrogen and oxygen atoms in total. The molecule has 0 saturated carbocycles. The SMILES string of the molecule is Cc1ccc(C(=O)CSc2nc3ccccc3nc2C)cc1. The molecule has 0 amide bonds. The van der Waals surface area contributed by atoms with Crippen molar-refractivity contribution in [3.63, 3.8) is 0 Å². The van der Waals surface area contributed by atoms with E-state index in [4.69, 9.17) is 0 Å². The Balaban J connectivity index is 1.77. The molecule has 3 aromatic rings. The zero-order valence-electron chi connectivity index (χ0n) is 12.5. The Morgan fingerprint density at radius 3 is 2.27 bits per heavy atom. The van der Waals surface area contributed by atoms with Crippen LogP contribution in [0, 0.1) is 13.8 Å². The van der Waals surface area contributed by atoms with E-state index in [0.29, 0.717) is 5.75 Å². The summed E-state index contributed by atoms with van der Waals surface area (Å²) in [6.07, 6.45) is 0. The summed E-state index contributed by atoms with van der Waals surface area (Å²) in [4.78, 5) is 21.4. The number of aromatic nitrogens is 2. The Bertz CT molecular complexity index is 828. The normalized spacial score (nSPS) is 10.8. The van der Waals surface area contributed by atoms with Gasteiger partial charge in [0.25, 0.3) is 0 Å². The van der Waals surface area contributed by atoms with E-state index in [1.807, 2.05) is 62.4 Å². The summed E-state index contributed by atoms with van der Waals surface area (Å²) in [5.74, 6) is 0.482. The van der Waals surface area contributed by atoms with E-state index in [-0.39, 0.29) is 5.78 Å². The highest BCUT2D eigenvalue weighted by atomic mass is 32.2. The van der Waals surface area contributed by atoms with E-state index in [1.165, 1.54) is 11.8 Å². The van der Waals surface area contributed by atoms with Gasteiger partial charge < -0.3 is 0 Å². The molecule has 22 heavy (non-hydrogen) atoms. The van der Waals surface area contributed by atoms with Gasteiger partial charge in [-0.25, -0.2) is 9.97 Å². The second kappa shape index (κ2) is 6.28. The second-order valence-corrected chi connectivity index (χ2v) is 6.14. The van der Waals surface area contributed by atoms with Crippen molar-refractivity contribution in [3.8, 4) is 0 Å². The molecule has 0 aliphatic carbocycles. The third kappa shape index (κ3) is 3.17. The number of carbonyl (C=O) groups is 1. The molecule has 0 aliphatic heterocycles. The first kappa shape index (κ1) is 14.7. The van der Waals surface area contributed by atoms with Gasteiger partial charge in [0.05, 0.1) is 22.5 Å². The lowest BCUT2D eigenvalue weighted by Crippen LogP contribution is -2.03. The minimum atomic E-state index is 0.111. The highest BCUT2D eigenvalue weighted by Gasteiger charge is 2.10. The summed E-state index contributed by atoms with van der Waals surface area (Å²) < 4.78 is 0. The number of nitrogens with zero attached hydrogens (tertiary/aromatic N) is 2. The highest BCUT2D eigenvalue weighted by Crippen LogP contribution is 2.22. The maximum Gasteiger partial charge on any atom is 0.173 e. The van der Waals surface area contributed by atoms with E-state index >= 15 is 0 Å². The summed E-state index contributed by atoms with van der Waals surface area (Å²) >= 11 is 1.45. The third-order valence-corrected chi connectivity index (χ3v) is 4.48. The number of para-hydroxylation sites is 2. The van der Waals surface area contributed by atoms with E-state index in [9.17, 15) is 4.79 Å².